The quantitative estimate of drug-likeness (QED) is 0.894. The fraction of sp³-hybridized carbons (Fsp3) is 0.600. The van der Waals surface area contributed by atoms with Crippen LogP contribution in [0.3, 0.4) is 0 Å². The van der Waals surface area contributed by atoms with Crippen LogP contribution in [-0.4, -0.2) is 15.7 Å². The molecule has 0 aliphatic carbocycles. The van der Waals surface area contributed by atoms with Crippen molar-refractivity contribution < 1.29 is 18.0 Å². The third-order valence-corrected chi connectivity index (χ3v) is 2.42. The summed E-state index contributed by atoms with van der Waals surface area (Å²) in [7, 11) is 1.37. The number of hydrogen-bond donors (Lipinski definition) is 1. The van der Waals surface area contributed by atoms with Gasteiger partial charge in [-0.05, 0) is 6.42 Å². The van der Waals surface area contributed by atoms with E-state index >= 15 is 0 Å². The Kier molecular flexibility index (Phi) is 3.79. The molecular weight excluding hydrogens is 235 g/mol. The third kappa shape index (κ3) is 3.21. The van der Waals surface area contributed by atoms with E-state index in [1.54, 1.807) is 13.8 Å². The molecule has 0 unspecified atom stereocenters. The van der Waals surface area contributed by atoms with Gasteiger partial charge >= 0.3 is 6.18 Å². The molecule has 0 aliphatic rings. The van der Waals surface area contributed by atoms with E-state index in [1.165, 1.54) is 7.05 Å². The summed E-state index contributed by atoms with van der Waals surface area (Å²) in [6.07, 6.45) is -2.87. The number of halogens is 3. The Morgan fingerprint density at radius 2 is 2.18 bits per heavy atom. The van der Waals surface area contributed by atoms with Gasteiger partial charge in [-0.25, -0.2) is 0 Å². The van der Waals surface area contributed by atoms with Gasteiger partial charge < -0.3 is 5.32 Å². The van der Waals surface area contributed by atoms with Crippen molar-refractivity contribution in [1.82, 2.24) is 9.78 Å². The first-order chi connectivity index (χ1) is 7.75. The molecule has 0 radical (unpaired) electrons. The van der Waals surface area contributed by atoms with E-state index in [0.717, 1.165) is 10.9 Å². The van der Waals surface area contributed by atoms with E-state index in [-0.39, 0.29) is 11.6 Å². The van der Waals surface area contributed by atoms with E-state index in [2.05, 4.69) is 10.4 Å². The molecule has 1 N–H and O–H groups in total. The van der Waals surface area contributed by atoms with Gasteiger partial charge in [-0.2, -0.15) is 18.3 Å². The highest BCUT2D eigenvalue weighted by Gasteiger charge is 2.37. The summed E-state index contributed by atoms with van der Waals surface area (Å²) >= 11 is 0. The molecule has 0 saturated heterocycles. The highest BCUT2D eigenvalue weighted by atomic mass is 19.4. The lowest BCUT2D eigenvalue weighted by Gasteiger charge is -2.10. The maximum absolute atomic E-state index is 12.6. The monoisotopic (exact) mass is 249 g/mol. The Hall–Kier alpha value is -1.53. The highest BCUT2D eigenvalue weighted by molar-refractivity contribution is 5.92. The van der Waals surface area contributed by atoms with Gasteiger partial charge in [-0.1, -0.05) is 13.8 Å². The summed E-state index contributed by atoms with van der Waals surface area (Å²) in [6, 6.07) is 0. The topological polar surface area (TPSA) is 46.9 Å². The summed E-state index contributed by atoms with van der Waals surface area (Å²) < 4.78 is 38.7. The molecule has 0 aliphatic heterocycles. The van der Waals surface area contributed by atoms with Crippen LogP contribution in [0.4, 0.5) is 18.9 Å². The predicted octanol–water partition coefficient (Wildman–Crippen LogP) is 2.42. The number of carbonyl (C=O) groups is 1. The minimum atomic E-state index is -4.57. The summed E-state index contributed by atoms with van der Waals surface area (Å²) in [5.74, 6) is -0.776. The average Bonchev–Trinajstić information content (AvgIpc) is 2.57. The van der Waals surface area contributed by atoms with Crippen LogP contribution in [0, 0.1) is 5.92 Å². The van der Waals surface area contributed by atoms with Gasteiger partial charge in [0.2, 0.25) is 5.91 Å². The number of aromatic nitrogens is 2. The van der Waals surface area contributed by atoms with Crippen LogP contribution in [0.1, 0.15) is 26.0 Å². The Bertz CT molecular complexity index is 411. The van der Waals surface area contributed by atoms with Crippen molar-refractivity contribution in [2.45, 2.75) is 26.4 Å². The normalized spacial score (nSPS) is 13.5. The second kappa shape index (κ2) is 4.77. The zero-order valence-corrected chi connectivity index (χ0v) is 9.80. The molecule has 1 rings (SSSR count). The van der Waals surface area contributed by atoms with Crippen molar-refractivity contribution in [2.75, 3.05) is 5.32 Å². The number of nitrogens with one attached hydrogen (secondary N) is 1. The molecule has 1 atom stereocenters. The van der Waals surface area contributed by atoms with Crippen molar-refractivity contribution in [2.24, 2.45) is 13.0 Å². The molecule has 96 valence electrons. The lowest BCUT2D eigenvalue weighted by molar-refractivity contribution is -0.140. The van der Waals surface area contributed by atoms with Crippen LogP contribution in [-0.2, 0) is 18.0 Å². The number of nitrogens with zero attached hydrogens (tertiary/aromatic N) is 2. The van der Waals surface area contributed by atoms with Gasteiger partial charge in [-0.15, -0.1) is 0 Å². The molecule has 0 spiro atoms. The van der Waals surface area contributed by atoms with Crippen molar-refractivity contribution >= 4 is 11.6 Å². The zero-order chi connectivity index (χ0) is 13.2. The third-order valence-electron chi connectivity index (χ3n) is 2.42. The van der Waals surface area contributed by atoms with Gasteiger partial charge in [-0.3, -0.25) is 9.48 Å². The number of rotatable bonds is 3. The zero-order valence-electron chi connectivity index (χ0n) is 9.80. The number of aryl methyl sites for hydroxylation is 1. The van der Waals surface area contributed by atoms with Crippen molar-refractivity contribution in [3.8, 4) is 0 Å². The smallest absolute Gasteiger partial charge is 0.323 e. The minimum absolute atomic E-state index is 0.301. The van der Waals surface area contributed by atoms with Crippen LogP contribution < -0.4 is 5.32 Å². The van der Waals surface area contributed by atoms with E-state index in [4.69, 9.17) is 0 Å². The fourth-order valence-corrected chi connectivity index (χ4v) is 1.23. The minimum Gasteiger partial charge on any atom is -0.323 e. The van der Waals surface area contributed by atoms with E-state index in [9.17, 15) is 18.0 Å². The van der Waals surface area contributed by atoms with Crippen molar-refractivity contribution in [3.05, 3.63) is 11.9 Å². The number of carbonyl (C=O) groups excluding carboxylic acids is 1. The van der Waals surface area contributed by atoms with Gasteiger partial charge in [0, 0.05) is 19.2 Å². The first kappa shape index (κ1) is 13.5. The Morgan fingerprint density at radius 3 is 2.65 bits per heavy atom. The van der Waals surface area contributed by atoms with Gasteiger partial charge in [0.1, 0.15) is 0 Å². The second-order valence-electron chi connectivity index (χ2n) is 3.86. The molecule has 1 aromatic heterocycles. The van der Waals surface area contributed by atoms with Crippen LogP contribution in [0.25, 0.3) is 0 Å². The SMILES string of the molecule is CC[C@H](C)C(=O)Nc1cn(C)nc1C(F)(F)F. The van der Waals surface area contributed by atoms with Crippen LogP contribution >= 0.6 is 0 Å². The van der Waals surface area contributed by atoms with Gasteiger partial charge in [0.05, 0.1) is 5.69 Å². The Morgan fingerprint density at radius 1 is 1.59 bits per heavy atom. The van der Waals surface area contributed by atoms with Gasteiger partial charge in [0.15, 0.2) is 5.69 Å². The maximum Gasteiger partial charge on any atom is 0.437 e. The predicted molar refractivity (Wildman–Crippen MR) is 56.3 cm³/mol. The molecule has 1 aromatic rings. The molecule has 0 aromatic carbocycles. The van der Waals surface area contributed by atoms with Crippen molar-refractivity contribution in [3.63, 3.8) is 0 Å². The maximum atomic E-state index is 12.6. The highest BCUT2D eigenvalue weighted by Crippen LogP contribution is 2.33. The average molecular weight is 249 g/mol. The first-order valence-electron chi connectivity index (χ1n) is 5.17. The molecule has 0 saturated carbocycles. The summed E-state index contributed by atoms with van der Waals surface area (Å²) in [4.78, 5) is 11.5. The molecule has 1 heterocycles. The van der Waals surface area contributed by atoms with Crippen LogP contribution in [0.5, 0.6) is 0 Å². The molecule has 7 heteroatoms. The van der Waals surface area contributed by atoms with Gasteiger partial charge in [0.25, 0.3) is 0 Å². The number of alkyl halides is 3. The van der Waals surface area contributed by atoms with Crippen molar-refractivity contribution in [1.29, 1.82) is 0 Å². The first-order valence-corrected chi connectivity index (χ1v) is 5.17. The number of anilines is 1. The lowest BCUT2D eigenvalue weighted by Crippen LogP contribution is -2.21. The summed E-state index contributed by atoms with van der Waals surface area (Å²) in [5.41, 5.74) is -1.37. The van der Waals surface area contributed by atoms with E-state index in [1.807, 2.05) is 0 Å². The summed E-state index contributed by atoms with van der Waals surface area (Å²) in [5, 5.41) is 5.54. The van der Waals surface area contributed by atoms with E-state index < -0.39 is 17.8 Å². The molecule has 0 bridgehead atoms. The Labute approximate surface area is 96.8 Å². The number of hydrogen-bond acceptors (Lipinski definition) is 2. The molecule has 4 nitrogen and oxygen atoms in total. The fourth-order valence-electron chi connectivity index (χ4n) is 1.23. The lowest BCUT2D eigenvalue weighted by atomic mass is 10.1. The van der Waals surface area contributed by atoms with E-state index in [0.29, 0.717) is 6.42 Å². The van der Waals surface area contributed by atoms with Crippen LogP contribution in [0.15, 0.2) is 6.20 Å². The molecule has 0 fully saturated rings. The summed E-state index contributed by atoms with van der Waals surface area (Å²) in [6.45, 7) is 3.44. The largest absolute Gasteiger partial charge is 0.437 e. The van der Waals surface area contributed by atoms with Crippen LogP contribution in [0.2, 0.25) is 0 Å². The standard InChI is InChI=1S/C10H14F3N3O/c1-4-6(2)9(17)14-7-5-16(3)15-8(7)10(11,12)13/h5-6H,4H2,1-3H3,(H,14,17)/t6-/m0/s1. The number of amides is 1. The molecule has 17 heavy (non-hydrogen) atoms. The second-order valence-corrected chi connectivity index (χ2v) is 3.86. The molecule has 1 amide bonds. The molecular formula is C10H14F3N3O. The Balaban J connectivity index is 2.95.